The molecule has 3 heteroatoms. The lowest BCUT2D eigenvalue weighted by molar-refractivity contribution is 0.531. The molecule has 1 N–H and O–H groups in total. The van der Waals surface area contributed by atoms with Gasteiger partial charge < -0.3 is 5.32 Å². The first-order chi connectivity index (χ1) is 9.51. The van der Waals surface area contributed by atoms with E-state index in [9.17, 15) is 8.78 Å². The summed E-state index contributed by atoms with van der Waals surface area (Å²) in [5.74, 6) is -0.483. The highest BCUT2D eigenvalue weighted by atomic mass is 19.1. The molecule has 0 bridgehead atoms. The van der Waals surface area contributed by atoms with Crippen LogP contribution in [0.25, 0.3) is 0 Å². The molecule has 0 aromatic heterocycles. The van der Waals surface area contributed by atoms with Crippen LogP contribution in [0.15, 0.2) is 36.4 Å². The normalized spacial score (nSPS) is 12.4. The zero-order valence-corrected chi connectivity index (χ0v) is 12.0. The lowest BCUT2D eigenvalue weighted by Crippen LogP contribution is -2.20. The topological polar surface area (TPSA) is 12.0 Å². The molecule has 0 aliphatic rings. The number of benzene rings is 2. The van der Waals surface area contributed by atoms with Crippen LogP contribution in [0.3, 0.4) is 0 Å². The highest BCUT2D eigenvalue weighted by Crippen LogP contribution is 2.23. The molecule has 2 rings (SSSR count). The van der Waals surface area contributed by atoms with E-state index in [4.69, 9.17) is 0 Å². The highest BCUT2D eigenvalue weighted by molar-refractivity contribution is 5.31. The Hall–Kier alpha value is -1.74. The monoisotopic (exact) mass is 275 g/mol. The lowest BCUT2D eigenvalue weighted by atomic mass is 9.95. The summed E-state index contributed by atoms with van der Waals surface area (Å²) in [4.78, 5) is 0. The number of rotatable bonds is 4. The third-order valence-electron chi connectivity index (χ3n) is 3.62. The minimum atomic E-state index is -0.259. The first-order valence-electron chi connectivity index (χ1n) is 6.69. The highest BCUT2D eigenvalue weighted by Gasteiger charge is 2.16. The molecule has 0 amide bonds. The molecule has 106 valence electrons. The Kier molecular flexibility index (Phi) is 4.50. The van der Waals surface area contributed by atoms with E-state index in [-0.39, 0.29) is 17.7 Å². The van der Waals surface area contributed by atoms with Gasteiger partial charge in [-0.05, 0) is 62.2 Å². The molecule has 2 aromatic rings. The molecule has 1 atom stereocenters. The zero-order chi connectivity index (χ0) is 14.7. The number of likely N-dealkylation sites (N-methyl/N-ethyl adjacent to an activating group) is 1. The van der Waals surface area contributed by atoms with Crippen molar-refractivity contribution in [3.63, 3.8) is 0 Å². The Morgan fingerprint density at radius 1 is 1.05 bits per heavy atom. The van der Waals surface area contributed by atoms with Crippen LogP contribution in [0.5, 0.6) is 0 Å². The van der Waals surface area contributed by atoms with Crippen LogP contribution in [0.1, 0.15) is 28.3 Å². The van der Waals surface area contributed by atoms with Crippen molar-refractivity contribution in [2.24, 2.45) is 0 Å². The number of nitrogens with one attached hydrogen (secondary N) is 1. The van der Waals surface area contributed by atoms with E-state index in [1.165, 1.54) is 18.2 Å². The molecule has 1 unspecified atom stereocenters. The summed E-state index contributed by atoms with van der Waals surface area (Å²) in [5, 5.41) is 3.11. The van der Waals surface area contributed by atoms with E-state index < -0.39 is 0 Å². The van der Waals surface area contributed by atoms with E-state index in [0.29, 0.717) is 12.0 Å². The molecule has 0 fully saturated rings. The number of halogens is 2. The fourth-order valence-electron chi connectivity index (χ4n) is 2.36. The fraction of sp³-hybridized carbons (Fsp3) is 0.294. The summed E-state index contributed by atoms with van der Waals surface area (Å²) >= 11 is 0. The van der Waals surface area contributed by atoms with Gasteiger partial charge in [0.15, 0.2) is 0 Å². The van der Waals surface area contributed by atoms with Crippen LogP contribution >= 0.6 is 0 Å². The van der Waals surface area contributed by atoms with Crippen molar-refractivity contribution in [3.8, 4) is 0 Å². The molecule has 0 aliphatic heterocycles. The van der Waals surface area contributed by atoms with Crippen LogP contribution in [-0.2, 0) is 6.42 Å². The third-order valence-corrected chi connectivity index (χ3v) is 3.62. The van der Waals surface area contributed by atoms with Crippen LogP contribution in [0.2, 0.25) is 0 Å². The van der Waals surface area contributed by atoms with E-state index in [0.717, 1.165) is 16.7 Å². The number of hydrogen-bond donors (Lipinski definition) is 1. The van der Waals surface area contributed by atoms with Crippen molar-refractivity contribution in [2.75, 3.05) is 7.05 Å². The van der Waals surface area contributed by atoms with Gasteiger partial charge in [0.25, 0.3) is 0 Å². The van der Waals surface area contributed by atoms with Crippen molar-refractivity contribution in [3.05, 3.63) is 70.3 Å². The number of aryl methyl sites for hydroxylation is 2. The van der Waals surface area contributed by atoms with Crippen molar-refractivity contribution < 1.29 is 8.78 Å². The Morgan fingerprint density at radius 2 is 1.80 bits per heavy atom. The number of hydrogen-bond acceptors (Lipinski definition) is 1. The third kappa shape index (κ3) is 3.23. The molecule has 0 aliphatic carbocycles. The minimum Gasteiger partial charge on any atom is -0.313 e. The van der Waals surface area contributed by atoms with Gasteiger partial charge in [0.2, 0.25) is 0 Å². The standard InChI is InChI=1S/C17H19F2N/c1-11-4-7-15(16(19)8-11)17(20-3)10-13-9-14(18)6-5-12(13)2/h4-9,17,20H,10H2,1-3H3. The molecule has 0 saturated heterocycles. The van der Waals surface area contributed by atoms with E-state index in [2.05, 4.69) is 5.32 Å². The van der Waals surface area contributed by atoms with Crippen molar-refractivity contribution >= 4 is 0 Å². The molecule has 0 heterocycles. The molecule has 20 heavy (non-hydrogen) atoms. The van der Waals surface area contributed by atoms with Gasteiger partial charge in [0, 0.05) is 11.6 Å². The predicted molar refractivity (Wildman–Crippen MR) is 77.8 cm³/mol. The largest absolute Gasteiger partial charge is 0.313 e. The lowest BCUT2D eigenvalue weighted by Gasteiger charge is -2.19. The van der Waals surface area contributed by atoms with Gasteiger partial charge in [0.05, 0.1) is 0 Å². The van der Waals surface area contributed by atoms with Gasteiger partial charge in [-0.25, -0.2) is 8.78 Å². The second kappa shape index (κ2) is 6.14. The van der Waals surface area contributed by atoms with Crippen LogP contribution in [0.4, 0.5) is 8.78 Å². The first kappa shape index (κ1) is 14.7. The predicted octanol–water partition coefficient (Wildman–Crippen LogP) is 4.08. The van der Waals surface area contributed by atoms with Crippen molar-refractivity contribution in [1.82, 2.24) is 5.32 Å². The maximum atomic E-state index is 14.1. The minimum absolute atomic E-state index is 0.170. The molecule has 0 saturated carbocycles. The fourth-order valence-corrected chi connectivity index (χ4v) is 2.36. The molecule has 0 radical (unpaired) electrons. The summed E-state index contributed by atoms with van der Waals surface area (Å²) in [6, 6.07) is 9.75. The summed E-state index contributed by atoms with van der Waals surface area (Å²) < 4.78 is 27.4. The molecular weight excluding hydrogens is 256 g/mol. The van der Waals surface area contributed by atoms with Gasteiger partial charge in [-0.2, -0.15) is 0 Å². The van der Waals surface area contributed by atoms with E-state index in [1.54, 1.807) is 19.2 Å². The zero-order valence-electron chi connectivity index (χ0n) is 12.0. The molecule has 0 spiro atoms. The Labute approximate surface area is 118 Å². The van der Waals surface area contributed by atoms with Gasteiger partial charge in [0.1, 0.15) is 11.6 Å². The SMILES string of the molecule is CNC(Cc1cc(F)ccc1C)c1ccc(C)cc1F. The Morgan fingerprint density at radius 3 is 2.45 bits per heavy atom. The van der Waals surface area contributed by atoms with E-state index in [1.807, 2.05) is 19.9 Å². The van der Waals surface area contributed by atoms with Crippen LogP contribution in [-0.4, -0.2) is 7.05 Å². The van der Waals surface area contributed by atoms with Gasteiger partial charge in [-0.1, -0.05) is 18.2 Å². The van der Waals surface area contributed by atoms with Crippen molar-refractivity contribution in [1.29, 1.82) is 0 Å². The summed E-state index contributed by atoms with van der Waals surface area (Å²) in [5.41, 5.74) is 3.41. The summed E-state index contributed by atoms with van der Waals surface area (Å²) in [6.07, 6.45) is 0.556. The molecular formula is C17H19F2N. The van der Waals surface area contributed by atoms with Gasteiger partial charge in [-0.3, -0.25) is 0 Å². The quantitative estimate of drug-likeness (QED) is 0.886. The Bertz CT molecular complexity index is 608. The first-order valence-corrected chi connectivity index (χ1v) is 6.69. The van der Waals surface area contributed by atoms with Crippen LogP contribution in [0, 0.1) is 25.5 Å². The average molecular weight is 275 g/mol. The second-order valence-corrected chi connectivity index (χ2v) is 5.14. The van der Waals surface area contributed by atoms with Gasteiger partial charge >= 0.3 is 0 Å². The summed E-state index contributed by atoms with van der Waals surface area (Å²) in [7, 11) is 1.79. The van der Waals surface area contributed by atoms with Gasteiger partial charge in [-0.15, -0.1) is 0 Å². The van der Waals surface area contributed by atoms with E-state index >= 15 is 0 Å². The second-order valence-electron chi connectivity index (χ2n) is 5.14. The maximum absolute atomic E-state index is 14.1. The smallest absolute Gasteiger partial charge is 0.128 e. The molecule has 2 aromatic carbocycles. The molecule has 1 nitrogen and oxygen atoms in total. The Balaban J connectivity index is 2.31. The average Bonchev–Trinajstić information content (AvgIpc) is 2.40. The van der Waals surface area contributed by atoms with Crippen LogP contribution < -0.4 is 5.32 Å². The summed E-state index contributed by atoms with van der Waals surface area (Å²) in [6.45, 7) is 3.80. The maximum Gasteiger partial charge on any atom is 0.128 e. The van der Waals surface area contributed by atoms with Crippen molar-refractivity contribution in [2.45, 2.75) is 26.3 Å².